The van der Waals surface area contributed by atoms with Gasteiger partial charge in [-0.25, -0.2) is 14.2 Å². The molecule has 2 saturated heterocycles. The van der Waals surface area contributed by atoms with Gasteiger partial charge in [-0.2, -0.15) is 0 Å². The summed E-state index contributed by atoms with van der Waals surface area (Å²) in [7, 11) is 0. The smallest absolute Gasteiger partial charge is 0.325 e. The van der Waals surface area contributed by atoms with Gasteiger partial charge in [0.1, 0.15) is 12.7 Å². The molecule has 1 unspecified atom stereocenters. The predicted octanol–water partition coefficient (Wildman–Crippen LogP) is 4.90. The van der Waals surface area contributed by atoms with Crippen molar-refractivity contribution in [3.05, 3.63) is 88.3 Å². The highest BCUT2D eigenvalue weighted by Crippen LogP contribution is 2.39. The lowest BCUT2D eigenvalue weighted by atomic mass is 9.84. The van der Waals surface area contributed by atoms with Crippen LogP contribution >= 0.6 is 0 Å². The van der Waals surface area contributed by atoms with Crippen molar-refractivity contribution in [3.8, 4) is 0 Å². The van der Waals surface area contributed by atoms with Gasteiger partial charge in [-0.3, -0.25) is 19.8 Å². The summed E-state index contributed by atoms with van der Waals surface area (Å²) in [6.45, 7) is 2.81. The molecule has 3 fully saturated rings. The molecule has 230 valence electrons. The van der Waals surface area contributed by atoms with E-state index < -0.39 is 18.1 Å². The zero-order valence-corrected chi connectivity index (χ0v) is 24.9. The fourth-order valence-corrected chi connectivity index (χ4v) is 6.86. The lowest BCUT2D eigenvalue weighted by Crippen LogP contribution is -2.50. The highest BCUT2D eigenvalue weighted by Gasteiger charge is 2.38. The number of alkyl halides is 1. The number of aliphatic imine (C=N–C) groups is 1. The molecule has 9 nitrogen and oxygen atoms in total. The van der Waals surface area contributed by atoms with Gasteiger partial charge in [-0.1, -0.05) is 42.5 Å². The Labute approximate surface area is 256 Å². The Balaban J connectivity index is 1.37. The maximum Gasteiger partial charge on any atom is 0.325 e. The molecular weight excluding hydrogens is 561 g/mol. The Morgan fingerprint density at radius 1 is 1.09 bits per heavy atom. The van der Waals surface area contributed by atoms with E-state index in [2.05, 4.69) is 15.6 Å². The number of nitrogens with one attached hydrogen (secondary N) is 2. The number of amidine groups is 1. The molecule has 3 heterocycles. The van der Waals surface area contributed by atoms with E-state index in [0.29, 0.717) is 59.4 Å². The Hall–Kier alpha value is -4.31. The molecule has 3 N–H and O–H groups in total. The topological polar surface area (TPSA) is 114 Å². The van der Waals surface area contributed by atoms with Crippen LogP contribution in [0.2, 0.25) is 0 Å². The van der Waals surface area contributed by atoms with Gasteiger partial charge in [0.15, 0.2) is 0 Å². The molecule has 6 aliphatic rings. The number of amides is 4. The normalized spacial score (nSPS) is 24.9. The molecule has 10 heteroatoms. The number of halogens is 1. The molecule has 7 rings (SSSR count). The molecule has 2 bridgehead atoms. The van der Waals surface area contributed by atoms with Crippen LogP contribution in [0.5, 0.6) is 0 Å². The third kappa shape index (κ3) is 6.17. The first kappa shape index (κ1) is 29.7. The van der Waals surface area contributed by atoms with Gasteiger partial charge in [-0.15, -0.1) is 0 Å². The number of hydrogen-bond donors (Lipinski definition) is 3. The van der Waals surface area contributed by atoms with Gasteiger partial charge >= 0.3 is 6.03 Å². The molecule has 4 amide bonds. The van der Waals surface area contributed by atoms with Crippen LogP contribution in [0.3, 0.4) is 0 Å². The average molecular weight is 600 g/mol. The van der Waals surface area contributed by atoms with Crippen molar-refractivity contribution >= 4 is 29.4 Å². The molecule has 1 aromatic carbocycles. The Morgan fingerprint density at radius 3 is 2.55 bits per heavy atom. The summed E-state index contributed by atoms with van der Waals surface area (Å²) in [6, 6.07) is 5.96. The van der Waals surface area contributed by atoms with E-state index in [1.807, 2.05) is 24.0 Å². The van der Waals surface area contributed by atoms with Gasteiger partial charge in [0, 0.05) is 36.3 Å². The Kier molecular flexibility index (Phi) is 8.61. The molecule has 1 saturated carbocycles. The summed E-state index contributed by atoms with van der Waals surface area (Å²) in [6.07, 6.45) is 12.7. The van der Waals surface area contributed by atoms with Crippen molar-refractivity contribution in [2.24, 2.45) is 16.8 Å². The number of benzene rings is 1. The summed E-state index contributed by atoms with van der Waals surface area (Å²) in [5.41, 5.74) is 3.55. The number of anilines is 1. The maximum atomic E-state index is 15.4. The molecule has 3 aliphatic carbocycles. The number of nitrogens with zero attached hydrogens (tertiary/aromatic N) is 3. The third-order valence-electron chi connectivity index (χ3n) is 9.11. The van der Waals surface area contributed by atoms with Crippen LogP contribution in [0.25, 0.3) is 0 Å². The summed E-state index contributed by atoms with van der Waals surface area (Å²) < 4.78 is 15.4. The van der Waals surface area contributed by atoms with Crippen molar-refractivity contribution < 1.29 is 23.9 Å². The number of fused-ring (bicyclic) bond motifs is 5. The average Bonchev–Trinajstić information content (AvgIpc) is 3.41. The minimum atomic E-state index is -1.34. The van der Waals surface area contributed by atoms with Crippen molar-refractivity contribution in [2.45, 2.75) is 58.2 Å². The maximum absolute atomic E-state index is 15.4. The third-order valence-corrected chi connectivity index (χ3v) is 9.11. The van der Waals surface area contributed by atoms with E-state index in [1.54, 1.807) is 42.5 Å². The first-order chi connectivity index (χ1) is 21.3. The van der Waals surface area contributed by atoms with E-state index in [4.69, 9.17) is 0 Å². The zero-order valence-electron chi connectivity index (χ0n) is 24.9. The van der Waals surface area contributed by atoms with Crippen molar-refractivity contribution in [1.82, 2.24) is 15.1 Å². The molecule has 1 atom stereocenters. The quantitative estimate of drug-likeness (QED) is 0.447. The number of aliphatic hydroxyl groups excluding tert-OH is 1. The van der Waals surface area contributed by atoms with Crippen molar-refractivity contribution in [3.63, 3.8) is 0 Å². The summed E-state index contributed by atoms with van der Waals surface area (Å²) in [5.74, 6) is -0.155. The number of carbonyl (C=O) groups excluding carboxylic acids is 3. The number of allylic oxidation sites excluding steroid dienone is 8. The largest absolute Gasteiger partial charge is 0.392 e. The minimum absolute atomic E-state index is 0.150. The molecular formula is C34H38FN5O4. The predicted molar refractivity (Wildman–Crippen MR) is 166 cm³/mol. The monoisotopic (exact) mass is 599 g/mol. The summed E-state index contributed by atoms with van der Waals surface area (Å²) >= 11 is 0. The fourth-order valence-electron chi connectivity index (χ4n) is 6.86. The van der Waals surface area contributed by atoms with Gasteiger partial charge < -0.3 is 15.3 Å². The Bertz CT molecular complexity index is 1530. The second kappa shape index (κ2) is 12.7. The first-order valence-corrected chi connectivity index (χ1v) is 15.4. The van der Waals surface area contributed by atoms with Crippen LogP contribution in [-0.4, -0.2) is 64.4 Å². The van der Waals surface area contributed by atoms with Crippen LogP contribution < -0.4 is 10.6 Å². The van der Waals surface area contributed by atoms with Gasteiger partial charge in [0.05, 0.1) is 18.0 Å². The van der Waals surface area contributed by atoms with Gasteiger partial charge in [-0.05, 0) is 74.1 Å². The van der Waals surface area contributed by atoms with E-state index >= 15 is 4.39 Å². The van der Waals surface area contributed by atoms with Crippen LogP contribution in [0.4, 0.5) is 14.9 Å². The fraction of sp³-hybridized carbons (Fsp3) is 0.412. The highest BCUT2D eigenvalue weighted by atomic mass is 19.1. The SMILES string of the molecule is CC1=C2C(=C(C3=CC=CCC3F)N=C(NC(=O)Nc3cccc(CO)c3)C(=O)N2CC(=O)N2CC3CCC(CC3)C2)CC=C1. The number of hydrogen-bond acceptors (Lipinski definition) is 5. The van der Waals surface area contributed by atoms with E-state index in [0.717, 1.165) is 31.3 Å². The van der Waals surface area contributed by atoms with Gasteiger partial charge in [0.2, 0.25) is 11.7 Å². The van der Waals surface area contributed by atoms with Crippen molar-refractivity contribution in [1.29, 1.82) is 0 Å². The number of urea groups is 1. The minimum Gasteiger partial charge on any atom is -0.392 e. The van der Waals surface area contributed by atoms with Crippen LogP contribution in [0, 0.1) is 11.8 Å². The molecule has 0 radical (unpaired) electrons. The Morgan fingerprint density at radius 2 is 1.84 bits per heavy atom. The molecule has 3 aliphatic heterocycles. The highest BCUT2D eigenvalue weighted by molar-refractivity contribution is 6.41. The first-order valence-electron chi connectivity index (χ1n) is 15.4. The second-order valence-corrected chi connectivity index (χ2v) is 12.2. The standard InChI is InChI=1S/C34H38FN5O4/c1-21-6-4-10-27-30(26-9-2-3-11-28(26)35)37-32(38-34(44)36-25-8-5-7-24(16-25)20-41)33(43)40(31(21)27)19-29(42)39-17-22-12-13-23(18-39)15-14-22/h2-9,16,22-23,28,41H,10-15,17-20H2,1H3,(H2,36,37,38,44). The lowest BCUT2D eigenvalue weighted by molar-refractivity contribution is -0.136. The van der Waals surface area contributed by atoms with E-state index in [1.165, 1.54) is 4.90 Å². The summed E-state index contributed by atoms with van der Waals surface area (Å²) in [5, 5.41) is 14.8. The van der Waals surface area contributed by atoms with Crippen molar-refractivity contribution in [2.75, 3.05) is 25.0 Å². The molecule has 1 aromatic rings. The lowest BCUT2D eigenvalue weighted by Gasteiger charge is -2.31. The summed E-state index contributed by atoms with van der Waals surface area (Å²) in [4.78, 5) is 49.3. The van der Waals surface area contributed by atoms with Crippen LogP contribution in [-0.2, 0) is 16.2 Å². The number of carbonyl (C=O) groups is 3. The number of rotatable bonds is 5. The molecule has 44 heavy (non-hydrogen) atoms. The zero-order chi connectivity index (χ0) is 30.8. The van der Waals surface area contributed by atoms with Crippen LogP contribution in [0.15, 0.2) is 87.8 Å². The molecule has 0 spiro atoms. The van der Waals surface area contributed by atoms with E-state index in [9.17, 15) is 19.5 Å². The van der Waals surface area contributed by atoms with E-state index in [-0.39, 0.29) is 37.0 Å². The second-order valence-electron chi connectivity index (χ2n) is 12.2. The molecule has 0 aromatic heterocycles. The van der Waals surface area contributed by atoms with Crippen LogP contribution in [0.1, 0.15) is 51.0 Å². The number of aliphatic hydroxyl groups is 1. The van der Waals surface area contributed by atoms with Gasteiger partial charge in [0.25, 0.3) is 5.91 Å².